The van der Waals surface area contributed by atoms with Gasteiger partial charge in [0.2, 0.25) is 10.0 Å². The number of amides is 1. The number of hydrogen-bond acceptors (Lipinski definition) is 6. The Morgan fingerprint density at radius 1 is 1.36 bits per heavy atom. The third-order valence-electron chi connectivity index (χ3n) is 4.38. The summed E-state index contributed by atoms with van der Waals surface area (Å²) in [7, 11) is -2.43. The third kappa shape index (κ3) is 3.77. The highest BCUT2D eigenvalue weighted by atomic mass is 32.2. The van der Waals surface area contributed by atoms with Crippen LogP contribution in [0.5, 0.6) is 5.75 Å². The summed E-state index contributed by atoms with van der Waals surface area (Å²) in [5.41, 5.74) is 0.349. The van der Waals surface area contributed by atoms with Crippen LogP contribution >= 0.6 is 0 Å². The first-order valence-electron chi connectivity index (χ1n) is 8.07. The molecule has 1 aromatic carbocycles. The van der Waals surface area contributed by atoms with E-state index in [1.165, 1.54) is 30.2 Å². The van der Waals surface area contributed by atoms with Crippen LogP contribution in [-0.4, -0.2) is 46.6 Å². The Labute approximate surface area is 146 Å². The van der Waals surface area contributed by atoms with Crippen LogP contribution in [0.15, 0.2) is 23.1 Å². The molecule has 0 atom stereocenters. The first-order chi connectivity index (χ1) is 11.9. The van der Waals surface area contributed by atoms with E-state index in [0.717, 1.165) is 25.7 Å². The van der Waals surface area contributed by atoms with Crippen molar-refractivity contribution in [2.45, 2.75) is 36.6 Å². The number of sulfonamides is 1. The second kappa shape index (κ2) is 7.01. The average Bonchev–Trinajstić information content (AvgIpc) is 3.09. The fourth-order valence-electron chi connectivity index (χ4n) is 3.05. The molecule has 8 nitrogen and oxygen atoms in total. The zero-order valence-electron chi connectivity index (χ0n) is 13.9. The summed E-state index contributed by atoms with van der Waals surface area (Å²) in [6, 6.07) is 4.21. The number of ether oxygens (including phenoxy) is 2. The van der Waals surface area contributed by atoms with Crippen LogP contribution in [0.25, 0.3) is 0 Å². The Kier molecular flexibility index (Phi) is 4.96. The second-order valence-electron chi connectivity index (χ2n) is 6.08. The Morgan fingerprint density at radius 2 is 2.08 bits per heavy atom. The Hall–Kier alpha value is -2.13. The van der Waals surface area contributed by atoms with Crippen molar-refractivity contribution >= 4 is 27.6 Å². The van der Waals surface area contributed by atoms with Gasteiger partial charge in [0.15, 0.2) is 6.61 Å². The van der Waals surface area contributed by atoms with E-state index >= 15 is 0 Å². The van der Waals surface area contributed by atoms with Gasteiger partial charge in [-0.1, -0.05) is 12.8 Å². The number of esters is 1. The normalized spacial score (nSPS) is 18.0. The predicted octanol–water partition coefficient (Wildman–Crippen LogP) is 0.806. The molecule has 1 N–H and O–H groups in total. The van der Waals surface area contributed by atoms with Crippen molar-refractivity contribution in [3.8, 4) is 5.75 Å². The van der Waals surface area contributed by atoms with E-state index in [2.05, 4.69) is 9.46 Å². The van der Waals surface area contributed by atoms with Gasteiger partial charge in [-0.2, -0.15) is 0 Å². The number of fused-ring (bicyclic) bond motifs is 1. The van der Waals surface area contributed by atoms with Crippen LogP contribution < -0.4 is 14.4 Å². The lowest BCUT2D eigenvalue weighted by Crippen LogP contribution is -2.42. The fourth-order valence-corrected chi connectivity index (χ4v) is 4.37. The lowest BCUT2D eigenvalue weighted by Gasteiger charge is -2.28. The fraction of sp³-hybridized carbons (Fsp3) is 0.500. The molecule has 1 aliphatic heterocycles. The number of hydrogen-bond donors (Lipinski definition) is 1. The summed E-state index contributed by atoms with van der Waals surface area (Å²) in [4.78, 5) is 24.8. The zero-order valence-corrected chi connectivity index (χ0v) is 14.7. The number of benzene rings is 1. The van der Waals surface area contributed by atoms with E-state index in [9.17, 15) is 18.0 Å². The van der Waals surface area contributed by atoms with E-state index in [-0.39, 0.29) is 29.8 Å². The monoisotopic (exact) mass is 368 g/mol. The van der Waals surface area contributed by atoms with Crippen LogP contribution in [0.4, 0.5) is 5.69 Å². The summed E-state index contributed by atoms with van der Waals surface area (Å²) >= 11 is 0. The molecular weight excluding hydrogens is 348 g/mol. The smallest absolute Gasteiger partial charge is 0.325 e. The summed E-state index contributed by atoms with van der Waals surface area (Å²) in [5.74, 6) is -0.712. The maximum absolute atomic E-state index is 12.5. The molecule has 1 saturated carbocycles. The molecule has 3 rings (SSSR count). The van der Waals surface area contributed by atoms with Crippen LogP contribution in [-0.2, 0) is 24.3 Å². The number of carbonyl (C=O) groups excluding carboxylic acids is 2. The minimum absolute atomic E-state index is 0.0423. The van der Waals surface area contributed by atoms with Gasteiger partial charge in [0.05, 0.1) is 17.7 Å². The topological polar surface area (TPSA) is 102 Å². The van der Waals surface area contributed by atoms with Crippen LogP contribution in [0.3, 0.4) is 0 Å². The van der Waals surface area contributed by atoms with Gasteiger partial charge in [-0.05, 0) is 25.0 Å². The molecule has 0 radical (unpaired) electrons. The quantitative estimate of drug-likeness (QED) is 0.772. The van der Waals surface area contributed by atoms with E-state index in [0.29, 0.717) is 5.69 Å². The largest absolute Gasteiger partial charge is 0.482 e. The summed E-state index contributed by atoms with van der Waals surface area (Å²) in [6.07, 6.45) is 3.71. The number of nitrogens with one attached hydrogen (secondary N) is 1. The summed E-state index contributed by atoms with van der Waals surface area (Å²) in [6.45, 7) is -0.512. The van der Waals surface area contributed by atoms with Crippen molar-refractivity contribution in [3.05, 3.63) is 18.2 Å². The molecule has 9 heteroatoms. The average molecular weight is 368 g/mol. The number of anilines is 1. The van der Waals surface area contributed by atoms with Gasteiger partial charge in [0, 0.05) is 12.1 Å². The van der Waals surface area contributed by atoms with Crippen molar-refractivity contribution in [1.29, 1.82) is 0 Å². The summed E-state index contributed by atoms with van der Waals surface area (Å²) in [5, 5.41) is 0. The molecule has 1 amide bonds. The minimum atomic E-state index is -3.66. The van der Waals surface area contributed by atoms with Crippen molar-refractivity contribution in [1.82, 2.24) is 4.72 Å². The third-order valence-corrected chi connectivity index (χ3v) is 5.89. The molecule has 1 aliphatic carbocycles. The zero-order chi connectivity index (χ0) is 18.0. The second-order valence-corrected chi connectivity index (χ2v) is 7.79. The van der Waals surface area contributed by atoms with Crippen LogP contribution in [0.2, 0.25) is 0 Å². The number of carbonyl (C=O) groups is 2. The molecule has 0 bridgehead atoms. The number of methoxy groups -OCH3 is 1. The molecule has 25 heavy (non-hydrogen) atoms. The molecule has 0 saturated heterocycles. The first kappa shape index (κ1) is 17.7. The van der Waals surface area contributed by atoms with Gasteiger partial charge in [-0.25, -0.2) is 13.1 Å². The number of rotatable bonds is 5. The Balaban J connectivity index is 1.86. The highest BCUT2D eigenvalue weighted by Gasteiger charge is 2.30. The van der Waals surface area contributed by atoms with Gasteiger partial charge in [0.25, 0.3) is 5.91 Å². The molecule has 2 aliphatic rings. The lowest BCUT2D eigenvalue weighted by atomic mass is 10.2. The summed E-state index contributed by atoms with van der Waals surface area (Å²) < 4.78 is 37.7. The van der Waals surface area contributed by atoms with Crippen LogP contribution in [0, 0.1) is 0 Å². The molecule has 136 valence electrons. The lowest BCUT2D eigenvalue weighted by molar-refractivity contribution is -0.140. The Morgan fingerprint density at radius 3 is 2.76 bits per heavy atom. The SMILES string of the molecule is COC(=O)CN1C(=O)COc2cc(S(=O)(=O)NC3CCCC3)ccc21. The molecule has 0 unspecified atom stereocenters. The minimum Gasteiger partial charge on any atom is -0.482 e. The van der Waals surface area contributed by atoms with E-state index in [4.69, 9.17) is 4.74 Å². The molecule has 0 spiro atoms. The van der Waals surface area contributed by atoms with Crippen molar-refractivity contribution in [3.63, 3.8) is 0 Å². The molecule has 1 heterocycles. The van der Waals surface area contributed by atoms with Gasteiger partial charge < -0.3 is 9.47 Å². The molecule has 1 aromatic rings. The molecular formula is C16H20N2O6S. The Bertz CT molecular complexity index is 786. The highest BCUT2D eigenvalue weighted by molar-refractivity contribution is 7.89. The van der Waals surface area contributed by atoms with Gasteiger partial charge in [0.1, 0.15) is 12.3 Å². The first-order valence-corrected chi connectivity index (χ1v) is 9.55. The van der Waals surface area contributed by atoms with Gasteiger partial charge in [-0.3, -0.25) is 14.5 Å². The maximum Gasteiger partial charge on any atom is 0.325 e. The highest BCUT2D eigenvalue weighted by Crippen LogP contribution is 2.34. The number of nitrogens with zero attached hydrogens (tertiary/aromatic N) is 1. The van der Waals surface area contributed by atoms with E-state index in [1.54, 1.807) is 0 Å². The standard InChI is InChI=1S/C16H20N2O6S/c1-23-16(20)9-18-13-7-6-12(8-14(13)24-10-15(18)19)25(21,22)17-11-4-2-3-5-11/h6-8,11,17H,2-5,9-10H2,1H3. The maximum atomic E-state index is 12.5. The van der Waals surface area contributed by atoms with Crippen molar-refractivity contribution in [2.24, 2.45) is 0 Å². The molecule has 0 aromatic heterocycles. The van der Waals surface area contributed by atoms with Gasteiger partial charge >= 0.3 is 5.97 Å². The van der Waals surface area contributed by atoms with Crippen LogP contribution in [0.1, 0.15) is 25.7 Å². The predicted molar refractivity (Wildman–Crippen MR) is 88.9 cm³/mol. The molecule has 1 fully saturated rings. The van der Waals surface area contributed by atoms with E-state index in [1.807, 2.05) is 0 Å². The van der Waals surface area contributed by atoms with Gasteiger partial charge in [-0.15, -0.1) is 0 Å². The van der Waals surface area contributed by atoms with Crippen molar-refractivity contribution < 1.29 is 27.5 Å². The van der Waals surface area contributed by atoms with E-state index < -0.39 is 21.9 Å². The van der Waals surface area contributed by atoms with Crippen molar-refractivity contribution in [2.75, 3.05) is 25.2 Å².